The van der Waals surface area contributed by atoms with Crippen molar-refractivity contribution in [2.24, 2.45) is 0 Å². The molecular weight excluding hydrogens is 403 g/mol. The van der Waals surface area contributed by atoms with Crippen molar-refractivity contribution >= 4 is 42.1 Å². The van der Waals surface area contributed by atoms with E-state index in [-0.39, 0.29) is 30.7 Å². The van der Waals surface area contributed by atoms with Crippen LogP contribution in [0.5, 0.6) is 0 Å². The van der Waals surface area contributed by atoms with Gasteiger partial charge in [0.1, 0.15) is 5.01 Å². The number of nitrogens with zero attached hydrogens (tertiary/aromatic N) is 2. The number of rotatable bonds is 7. The Balaban J connectivity index is 0.00000182. The molecule has 1 fully saturated rings. The van der Waals surface area contributed by atoms with Crippen LogP contribution < -0.4 is 10.6 Å². The second-order valence-electron chi connectivity index (χ2n) is 6.48. The van der Waals surface area contributed by atoms with E-state index in [9.17, 15) is 4.79 Å². The number of benzene rings is 1. The molecule has 2 heterocycles. The molecule has 2 aromatic rings. The summed E-state index contributed by atoms with van der Waals surface area (Å²) >= 11 is 1.59. The summed E-state index contributed by atoms with van der Waals surface area (Å²) in [5.41, 5.74) is 3.19. The lowest BCUT2D eigenvalue weighted by Crippen LogP contribution is -2.44. The Morgan fingerprint density at radius 1 is 1.22 bits per heavy atom. The van der Waals surface area contributed by atoms with E-state index < -0.39 is 0 Å². The number of hydrogen-bond donors (Lipinski definition) is 2. The van der Waals surface area contributed by atoms with Gasteiger partial charge >= 0.3 is 0 Å². The number of thiazole rings is 1. The van der Waals surface area contributed by atoms with Gasteiger partial charge in [-0.1, -0.05) is 29.8 Å². The average Bonchev–Trinajstić information content (AvgIpc) is 3.09. The van der Waals surface area contributed by atoms with Gasteiger partial charge in [0.05, 0.1) is 12.1 Å². The monoisotopic (exact) mass is 430 g/mol. The SMILES string of the molecule is Cc1ccc(-c2nc(CC(=O)NCCCN3CCNCC3)cs2)cc1.Cl.Cl. The summed E-state index contributed by atoms with van der Waals surface area (Å²) in [5, 5.41) is 9.32. The molecule has 0 aliphatic carbocycles. The van der Waals surface area contributed by atoms with E-state index >= 15 is 0 Å². The van der Waals surface area contributed by atoms with Crippen LogP contribution in [-0.2, 0) is 11.2 Å². The van der Waals surface area contributed by atoms with Crippen molar-refractivity contribution in [3.63, 3.8) is 0 Å². The molecule has 150 valence electrons. The number of aromatic nitrogens is 1. The van der Waals surface area contributed by atoms with Gasteiger partial charge in [-0.3, -0.25) is 4.79 Å². The predicted molar refractivity (Wildman–Crippen MR) is 117 cm³/mol. The molecule has 0 spiro atoms. The number of hydrogen-bond acceptors (Lipinski definition) is 5. The zero-order chi connectivity index (χ0) is 17.5. The molecule has 27 heavy (non-hydrogen) atoms. The third kappa shape index (κ3) is 7.76. The first-order chi connectivity index (χ1) is 12.2. The fraction of sp³-hybridized carbons (Fsp3) is 0.474. The zero-order valence-electron chi connectivity index (χ0n) is 15.6. The van der Waals surface area contributed by atoms with E-state index in [4.69, 9.17) is 0 Å². The molecule has 8 heteroatoms. The summed E-state index contributed by atoms with van der Waals surface area (Å²) in [4.78, 5) is 19.1. The average molecular weight is 431 g/mol. The Hall–Kier alpha value is -1.18. The maximum atomic E-state index is 12.1. The summed E-state index contributed by atoms with van der Waals surface area (Å²) in [6.07, 6.45) is 1.35. The summed E-state index contributed by atoms with van der Waals surface area (Å²) in [6.45, 7) is 8.21. The van der Waals surface area contributed by atoms with Crippen LogP contribution in [0, 0.1) is 6.92 Å². The predicted octanol–water partition coefficient (Wildman–Crippen LogP) is 2.92. The fourth-order valence-electron chi connectivity index (χ4n) is 2.91. The molecule has 1 saturated heterocycles. The largest absolute Gasteiger partial charge is 0.356 e. The number of amides is 1. The lowest BCUT2D eigenvalue weighted by atomic mass is 10.2. The molecule has 1 aliphatic heterocycles. The molecule has 3 rings (SSSR count). The Labute approximate surface area is 177 Å². The topological polar surface area (TPSA) is 57.3 Å². The first kappa shape index (κ1) is 23.9. The minimum absolute atomic E-state index is 0. The van der Waals surface area contributed by atoms with E-state index in [2.05, 4.69) is 51.7 Å². The Bertz CT molecular complexity index is 687. The van der Waals surface area contributed by atoms with Crippen LogP contribution >= 0.6 is 36.2 Å². The van der Waals surface area contributed by atoms with Gasteiger partial charge in [0.2, 0.25) is 5.91 Å². The molecule has 5 nitrogen and oxygen atoms in total. The van der Waals surface area contributed by atoms with Crippen LogP contribution in [0.1, 0.15) is 17.7 Å². The van der Waals surface area contributed by atoms with Crippen LogP contribution in [0.4, 0.5) is 0 Å². The zero-order valence-corrected chi connectivity index (χ0v) is 18.0. The van der Waals surface area contributed by atoms with E-state index in [1.807, 2.05) is 5.38 Å². The maximum absolute atomic E-state index is 12.1. The molecule has 0 bridgehead atoms. The Morgan fingerprint density at radius 3 is 2.63 bits per heavy atom. The molecular formula is C19H28Cl2N4OS. The molecule has 0 radical (unpaired) electrons. The summed E-state index contributed by atoms with van der Waals surface area (Å²) in [7, 11) is 0. The van der Waals surface area contributed by atoms with Crippen molar-refractivity contribution in [1.82, 2.24) is 20.5 Å². The van der Waals surface area contributed by atoms with Crippen molar-refractivity contribution in [3.8, 4) is 10.6 Å². The smallest absolute Gasteiger partial charge is 0.226 e. The van der Waals surface area contributed by atoms with Crippen molar-refractivity contribution < 1.29 is 4.79 Å². The number of carbonyl (C=O) groups excluding carboxylic acids is 1. The normalized spacial score (nSPS) is 14.1. The fourth-order valence-corrected chi connectivity index (χ4v) is 3.73. The Kier molecular flexibility index (Phi) is 10.9. The minimum atomic E-state index is 0. The maximum Gasteiger partial charge on any atom is 0.226 e. The van der Waals surface area contributed by atoms with Gasteiger partial charge in [-0.05, 0) is 19.9 Å². The van der Waals surface area contributed by atoms with Gasteiger partial charge in [-0.15, -0.1) is 36.2 Å². The molecule has 1 aromatic heterocycles. The van der Waals surface area contributed by atoms with Gasteiger partial charge in [0.15, 0.2) is 0 Å². The number of nitrogens with one attached hydrogen (secondary N) is 2. The first-order valence-corrected chi connectivity index (χ1v) is 9.80. The van der Waals surface area contributed by atoms with E-state index in [0.717, 1.165) is 62.0 Å². The molecule has 1 aliphatic rings. The molecule has 2 N–H and O–H groups in total. The highest BCUT2D eigenvalue weighted by molar-refractivity contribution is 7.13. The molecule has 0 unspecified atom stereocenters. The third-order valence-corrected chi connectivity index (χ3v) is 5.32. The van der Waals surface area contributed by atoms with Crippen LogP contribution in [0.2, 0.25) is 0 Å². The van der Waals surface area contributed by atoms with Gasteiger partial charge in [0, 0.05) is 43.7 Å². The Morgan fingerprint density at radius 2 is 1.93 bits per heavy atom. The summed E-state index contributed by atoms with van der Waals surface area (Å²) in [5.74, 6) is 0.0565. The number of aryl methyl sites for hydroxylation is 1. The molecule has 0 atom stereocenters. The molecule has 1 amide bonds. The van der Waals surface area contributed by atoms with E-state index in [1.54, 1.807) is 11.3 Å². The number of halogens is 2. The summed E-state index contributed by atoms with van der Waals surface area (Å²) < 4.78 is 0. The van der Waals surface area contributed by atoms with Gasteiger partial charge < -0.3 is 15.5 Å². The quantitative estimate of drug-likeness (QED) is 0.662. The van der Waals surface area contributed by atoms with Gasteiger partial charge in [-0.2, -0.15) is 0 Å². The standard InChI is InChI=1S/C19H26N4OS.2ClH/c1-15-3-5-16(6-4-15)19-22-17(14-25-19)13-18(24)21-7-2-10-23-11-8-20-9-12-23;;/h3-6,14,20H,2,7-13H2,1H3,(H,21,24);2*1H. The van der Waals surface area contributed by atoms with Crippen molar-refractivity contribution in [2.75, 3.05) is 39.3 Å². The van der Waals surface area contributed by atoms with Crippen molar-refractivity contribution in [3.05, 3.63) is 40.9 Å². The van der Waals surface area contributed by atoms with Crippen LogP contribution in [0.25, 0.3) is 10.6 Å². The third-order valence-electron chi connectivity index (χ3n) is 4.37. The van der Waals surface area contributed by atoms with Crippen molar-refractivity contribution in [2.45, 2.75) is 19.8 Å². The number of piperazine rings is 1. The highest BCUT2D eigenvalue weighted by Gasteiger charge is 2.10. The second-order valence-corrected chi connectivity index (χ2v) is 7.34. The lowest BCUT2D eigenvalue weighted by Gasteiger charge is -2.27. The van der Waals surface area contributed by atoms with Crippen molar-refractivity contribution in [1.29, 1.82) is 0 Å². The lowest BCUT2D eigenvalue weighted by molar-refractivity contribution is -0.120. The highest BCUT2D eigenvalue weighted by Crippen LogP contribution is 2.24. The van der Waals surface area contributed by atoms with E-state index in [0.29, 0.717) is 6.42 Å². The first-order valence-electron chi connectivity index (χ1n) is 8.92. The van der Waals surface area contributed by atoms with Gasteiger partial charge in [0.25, 0.3) is 0 Å². The van der Waals surface area contributed by atoms with Gasteiger partial charge in [-0.25, -0.2) is 4.98 Å². The minimum Gasteiger partial charge on any atom is -0.356 e. The van der Waals surface area contributed by atoms with E-state index in [1.165, 1.54) is 5.56 Å². The van der Waals surface area contributed by atoms with Crippen LogP contribution in [0.15, 0.2) is 29.6 Å². The number of carbonyl (C=O) groups is 1. The molecule has 1 aromatic carbocycles. The highest BCUT2D eigenvalue weighted by atomic mass is 35.5. The summed E-state index contributed by atoms with van der Waals surface area (Å²) in [6, 6.07) is 8.32. The second kappa shape index (κ2) is 12.3. The van der Waals surface area contributed by atoms with Crippen LogP contribution in [-0.4, -0.2) is 55.1 Å². The van der Waals surface area contributed by atoms with Crippen LogP contribution in [0.3, 0.4) is 0 Å². The molecule has 0 saturated carbocycles.